The van der Waals surface area contributed by atoms with E-state index in [4.69, 9.17) is 11.6 Å². The Morgan fingerprint density at radius 3 is 2.39 bits per heavy atom. The molecule has 2 aromatic carbocycles. The number of rotatable bonds is 4. The minimum atomic E-state index is -0.0128. The second-order valence-electron chi connectivity index (χ2n) is 3.74. The van der Waals surface area contributed by atoms with Crippen molar-refractivity contribution in [2.45, 2.75) is 11.3 Å². The lowest BCUT2D eigenvalue weighted by Crippen LogP contribution is -2.17. The van der Waals surface area contributed by atoms with Crippen LogP contribution in [0.5, 0.6) is 0 Å². The van der Waals surface area contributed by atoms with Gasteiger partial charge in [0.1, 0.15) is 0 Å². The maximum atomic E-state index is 11.7. The smallest absolute Gasteiger partial charge is 0.234 e. The molecule has 0 heterocycles. The van der Waals surface area contributed by atoms with Crippen LogP contribution in [0.1, 0.15) is 5.56 Å². The molecule has 0 saturated carbocycles. The van der Waals surface area contributed by atoms with E-state index >= 15 is 0 Å². The third-order valence-corrected chi connectivity index (χ3v) is 3.39. The zero-order chi connectivity index (χ0) is 12.8. The molecule has 92 valence electrons. The Hall–Kier alpha value is -1.45. The number of halogens is 1. The summed E-state index contributed by atoms with van der Waals surface area (Å²) in [6.07, 6.45) is 0.390. The standard InChI is InChI=1S/C14H12ClNOS/c15-12-6-8-13(9-7-12)18-16-14(17)10-11-4-2-1-3-5-11/h1-9H,10H2,(H,16,17). The molecule has 0 atom stereocenters. The van der Waals surface area contributed by atoms with Gasteiger partial charge in [-0.25, -0.2) is 0 Å². The molecule has 0 bridgehead atoms. The van der Waals surface area contributed by atoms with E-state index in [1.165, 1.54) is 11.9 Å². The molecule has 18 heavy (non-hydrogen) atoms. The maximum absolute atomic E-state index is 11.7. The van der Waals surface area contributed by atoms with Gasteiger partial charge in [0, 0.05) is 9.92 Å². The molecule has 0 saturated heterocycles. The molecule has 0 aliphatic heterocycles. The van der Waals surface area contributed by atoms with E-state index in [1.807, 2.05) is 42.5 Å². The quantitative estimate of drug-likeness (QED) is 0.864. The third kappa shape index (κ3) is 4.09. The molecule has 0 radical (unpaired) electrons. The number of carbonyl (C=O) groups excluding carboxylic acids is 1. The van der Waals surface area contributed by atoms with Crippen molar-refractivity contribution in [1.82, 2.24) is 4.72 Å². The van der Waals surface area contributed by atoms with E-state index in [2.05, 4.69) is 4.72 Å². The van der Waals surface area contributed by atoms with Gasteiger partial charge in [-0.3, -0.25) is 9.52 Å². The number of hydrogen-bond donors (Lipinski definition) is 1. The first-order chi connectivity index (χ1) is 8.74. The summed E-state index contributed by atoms with van der Waals surface area (Å²) in [6.45, 7) is 0. The molecule has 2 aromatic rings. The van der Waals surface area contributed by atoms with Gasteiger partial charge in [-0.2, -0.15) is 0 Å². The van der Waals surface area contributed by atoms with E-state index < -0.39 is 0 Å². The summed E-state index contributed by atoms with van der Waals surface area (Å²) in [5.41, 5.74) is 1.01. The first-order valence-corrected chi connectivity index (χ1v) is 6.68. The van der Waals surface area contributed by atoms with E-state index in [0.29, 0.717) is 11.4 Å². The van der Waals surface area contributed by atoms with Crippen molar-refractivity contribution in [3.05, 3.63) is 65.2 Å². The van der Waals surface area contributed by atoms with E-state index in [1.54, 1.807) is 12.1 Å². The van der Waals surface area contributed by atoms with Gasteiger partial charge >= 0.3 is 0 Å². The number of amides is 1. The summed E-state index contributed by atoms with van der Waals surface area (Å²) in [6, 6.07) is 17.0. The van der Waals surface area contributed by atoms with Gasteiger partial charge in [-0.1, -0.05) is 41.9 Å². The van der Waals surface area contributed by atoms with Crippen LogP contribution in [0.2, 0.25) is 5.02 Å². The van der Waals surface area contributed by atoms with Crippen LogP contribution < -0.4 is 4.72 Å². The Bertz CT molecular complexity index is 513. The average molecular weight is 278 g/mol. The molecule has 2 rings (SSSR count). The summed E-state index contributed by atoms with van der Waals surface area (Å²) in [5.74, 6) is -0.0128. The van der Waals surface area contributed by atoms with Gasteiger partial charge in [0.05, 0.1) is 6.42 Å². The monoisotopic (exact) mass is 277 g/mol. The maximum Gasteiger partial charge on any atom is 0.234 e. The Kier molecular flexibility index (Phi) is 4.67. The van der Waals surface area contributed by atoms with Crippen LogP contribution in [-0.4, -0.2) is 5.91 Å². The molecule has 1 N–H and O–H groups in total. The molecule has 0 aliphatic carbocycles. The fourth-order valence-corrected chi connectivity index (χ4v) is 2.14. The minimum absolute atomic E-state index is 0.0128. The molecular formula is C14H12ClNOS. The van der Waals surface area contributed by atoms with Crippen LogP contribution in [0, 0.1) is 0 Å². The van der Waals surface area contributed by atoms with Crippen molar-refractivity contribution in [1.29, 1.82) is 0 Å². The van der Waals surface area contributed by atoms with Gasteiger partial charge in [0.2, 0.25) is 5.91 Å². The molecule has 0 spiro atoms. The van der Waals surface area contributed by atoms with Crippen LogP contribution in [-0.2, 0) is 11.2 Å². The number of hydrogen-bond acceptors (Lipinski definition) is 2. The predicted octanol–water partition coefficient (Wildman–Crippen LogP) is 3.71. The fourth-order valence-electron chi connectivity index (χ4n) is 1.44. The van der Waals surface area contributed by atoms with Crippen LogP contribution in [0.4, 0.5) is 0 Å². The average Bonchev–Trinajstić information content (AvgIpc) is 2.39. The molecule has 0 unspecified atom stereocenters. The highest BCUT2D eigenvalue weighted by atomic mass is 35.5. The second kappa shape index (κ2) is 6.47. The highest BCUT2D eigenvalue weighted by Crippen LogP contribution is 2.17. The second-order valence-corrected chi connectivity index (χ2v) is 5.06. The van der Waals surface area contributed by atoms with Crippen molar-refractivity contribution < 1.29 is 4.79 Å². The van der Waals surface area contributed by atoms with E-state index in [9.17, 15) is 4.79 Å². The lowest BCUT2D eigenvalue weighted by atomic mass is 10.1. The van der Waals surface area contributed by atoms with Crippen molar-refractivity contribution >= 4 is 29.5 Å². The van der Waals surface area contributed by atoms with Crippen molar-refractivity contribution in [3.8, 4) is 0 Å². The van der Waals surface area contributed by atoms with Gasteiger partial charge < -0.3 is 0 Å². The molecule has 0 fully saturated rings. The molecule has 2 nitrogen and oxygen atoms in total. The molecule has 0 aromatic heterocycles. The fraction of sp³-hybridized carbons (Fsp3) is 0.0714. The van der Waals surface area contributed by atoms with Gasteiger partial charge in [0.25, 0.3) is 0 Å². The normalized spacial score (nSPS) is 10.1. The first kappa shape index (κ1) is 13.0. The molecule has 0 aliphatic rings. The Balaban J connectivity index is 1.83. The lowest BCUT2D eigenvalue weighted by molar-refractivity contribution is -0.118. The van der Waals surface area contributed by atoms with Gasteiger partial charge in [-0.15, -0.1) is 0 Å². The number of nitrogens with one attached hydrogen (secondary N) is 1. The third-order valence-electron chi connectivity index (χ3n) is 2.30. The largest absolute Gasteiger partial charge is 0.296 e. The predicted molar refractivity (Wildman–Crippen MR) is 75.6 cm³/mol. The van der Waals surface area contributed by atoms with E-state index in [-0.39, 0.29) is 5.91 Å². The lowest BCUT2D eigenvalue weighted by Gasteiger charge is -2.04. The zero-order valence-corrected chi connectivity index (χ0v) is 11.2. The summed E-state index contributed by atoms with van der Waals surface area (Å²) in [7, 11) is 0. The molecular weight excluding hydrogens is 266 g/mol. The highest BCUT2D eigenvalue weighted by molar-refractivity contribution is 7.98. The summed E-state index contributed by atoms with van der Waals surface area (Å²) >= 11 is 7.08. The molecule has 4 heteroatoms. The Labute approximate surface area is 115 Å². The highest BCUT2D eigenvalue weighted by Gasteiger charge is 2.03. The number of carbonyl (C=O) groups is 1. The molecule has 1 amide bonds. The van der Waals surface area contributed by atoms with Crippen molar-refractivity contribution in [3.63, 3.8) is 0 Å². The SMILES string of the molecule is O=C(Cc1ccccc1)NSc1ccc(Cl)cc1. The Morgan fingerprint density at radius 1 is 1.06 bits per heavy atom. The van der Waals surface area contributed by atoms with Crippen molar-refractivity contribution in [2.24, 2.45) is 0 Å². The summed E-state index contributed by atoms with van der Waals surface area (Å²) < 4.78 is 2.80. The van der Waals surface area contributed by atoms with E-state index in [0.717, 1.165) is 10.5 Å². The zero-order valence-electron chi connectivity index (χ0n) is 9.60. The minimum Gasteiger partial charge on any atom is -0.296 e. The summed E-state index contributed by atoms with van der Waals surface area (Å²) in [5, 5.41) is 0.690. The van der Waals surface area contributed by atoms with Crippen LogP contribution in [0.3, 0.4) is 0 Å². The van der Waals surface area contributed by atoms with Gasteiger partial charge in [-0.05, 0) is 41.8 Å². The Morgan fingerprint density at radius 2 is 1.72 bits per heavy atom. The van der Waals surface area contributed by atoms with Crippen LogP contribution >= 0.6 is 23.5 Å². The van der Waals surface area contributed by atoms with Crippen molar-refractivity contribution in [2.75, 3.05) is 0 Å². The van der Waals surface area contributed by atoms with Crippen LogP contribution in [0.15, 0.2) is 59.5 Å². The number of benzene rings is 2. The van der Waals surface area contributed by atoms with Crippen LogP contribution in [0.25, 0.3) is 0 Å². The topological polar surface area (TPSA) is 29.1 Å². The summed E-state index contributed by atoms with van der Waals surface area (Å²) in [4.78, 5) is 12.7. The van der Waals surface area contributed by atoms with Gasteiger partial charge in [0.15, 0.2) is 0 Å². The first-order valence-electron chi connectivity index (χ1n) is 5.49.